The van der Waals surface area contributed by atoms with Gasteiger partial charge in [-0.1, -0.05) is 6.08 Å². The van der Waals surface area contributed by atoms with Crippen molar-refractivity contribution in [3.8, 4) is 0 Å². The van der Waals surface area contributed by atoms with E-state index in [0.29, 0.717) is 70.3 Å². The van der Waals surface area contributed by atoms with Crippen LogP contribution in [0.25, 0.3) is 0 Å². The maximum atomic E-state index is 14.5. The van der Waals surface area contributed by atoms with Crippen molar-refractivity contribution in [3.05, 3.63) is 30.0 Å². The maximum Gasteiger partial charge on any atom is 0.268 e. The van der Waals surface area contributed by atoms with Crippen LogP contribution in [0, 0.1) is 0 Å². The van der Waals surface area contributed by atoms with Crippen molar-refractivity contribution in [3.63, 3.8) is 0 Å². The number of aliphatic imine (C=N–C) groups is 1. The maximum absolute atomic E-state index is 14.5. The molecule has 10 amide bonds. The van der Waals surface area contributed by atoms with Crippen molar-refractivity contribution < 1.29 is 58.2 Å². The number of nitrogens with two attached hydrogens (primary N) is 9. The summed E-state index contributed by atoms with van der Waals surface area (Å²) in [5.41, 5.74) is 50.8. The first-order valence-corrected chi connectivity index (χ1v) is 28.6. The van der Waals surface area contributed by atoms with Gasteiger partial charge in [0.05, 0.1) is 31.1 Å². The summed E-state index contributed by atoms with van der Waals surface area (Å²) >= 11 is 0. The number of carbonyl (C=O) groups excluding carboxylic acids is 10. The van der Waals surface area contributed by atoms with Crippen molar-refractivity contribution in [2.45, 2.75) is 157 Å². The minimum absolute atomic E-state index is 0.0171. The molecule has 1 aromatic heterocycles. The molecular weight excluding hydrogens is 1110 g/mol. The molecular formula is C51H94N22O12. The topological polar surface area (TPSA) is 598 Å². The summed E-state index contributed by atoms with van der Waals surface area (Å²) in [7, 11) is 0. The smallest absolute Gasteiger partial charge is 0.268 e. The zero-order valence-electron chi connectivity index (χ0n) is 48.5. The Bertz CT molecular complexity index is 2340. The zero-order chi connectivity index (χ0) is 63.4. The van der Waals surface area contributed by atoms with E-state index in [4.69, 9.17) is 51.6 Å². The van der Waals surface area contributed by atoms with E-state index in [1.165, 1.54) is 30.4 Å². The standard InChI is InChI=1S/C51H94N22O12/c1-29(58)42(77)71-41(38(75)25-57)49(84)72-40(37(74)24-56)48(83)64-27-39(76)66-34(13-8-19-55)50(85)73-22-10-15-36(73)47(82)70-35(23-30-26-61-28-65-30)46(81)69-32(12-3-5-17-53)44(79)68-33(14-9-21-63-51(59)60)45(80)67-31(11-2-4-16-52)43(78)62-20-7-6-18-54/h14,26,28-29,31-32,34-38,40-41,74-75H,2-13,15-25,27,52-58H2,1H3,(H,61,65)(H,62,78)(H,64,83)(H,66,76)(H,67,80)(H,68,79)(H,69,81)(H,70,82)(H,71,77)(H,72,84)(H4,59,60,63)/b33-14-/t29?,31-,32-,34+,35?,36?,37-,38-,40?,41-/m0/s1. The molecule has 1 aliphatic heterocycles. The van der Waals surface area contributed by atoms with E-state index in [0.717, 1.165) is 0 Å². The second-order valence-electron chi connectivity index (χ2n) is 20.3. The molecule has 4 unspecified atom stereocenters. The van der Waals surface area contributed by atoms with Gasteiger partial charge in [0.25, 0.3) is 5.91 Å². The molecule has 0 saturated carbocycles. The first-order valence-electron chi connectivity index (χ1n) is 28.6. The summed E-state index contributed by atoms with van der Waals surface area (Å²) in [6.07, 6.45) is 4.65. The van der Waals surface area contributed by atoms with Gasteiger partial charge < -0.3 is 120 Å². The molecule has 30 N–H and O–H groups in total. The molecule has 0 spiro atoms. The van der Waals surface area contributed by atoms with Crippen LogP contribution < -0.4 is 99.5 Å². The van der Waals surface area contributed by atoms with Crippen LogP contribution in [0.3, 0.4) is 0 Å². The lowest BCUT2D eigenvalue weighted by atomic mass is 10.0. The van der Waals surface area contributed by atoms with E-state index >= 15 is 0 Å². The van der Waals surface area contributed by atoms with E-state index in [-0.39, 0.29) is 82.8 Å². The number of unbranched alkanes of at least 4 members (excludes halogenated alkanes) is 3. The lowest BCUT2D eigenvalue weighted by molar-refractivity contribution is -0.142. The van der Waals surface area contributed by atoms with E-state index in [1.54, 1.807) is 0 Å². The van der Waals surface area contributed by atoms with E-state index < -0.39 is 139 Å². The molecule has 1 aromatic rings. The number of aromatic amines is 1. The summed E-state index contributed by atoms with van der Waals surface area (Å²) in [4.78, 5) is 149. The van der Waals surface area contributed by atoms with Gasteiger partial charge in [-0.25, -0.2) is 4.98 Å². The Hall–Kier alpha value is -7.44. The molecule has 0 bridgehead atoms. The number of carbonyl (C=O) groups is 10. The molecule has 0 aliphatic carbocycles. The highest BCUT2D eigenvalue weighted by Crippen LogP contribution is 2.21. The van der Waals surface area contributed by atoms with E-state index in [2.05, 4.69) is 62.8 Å². The first kappa shape index (κ1) is 73.7. The minimum atomic E-state index is -1.82. The number of aromatic nitrogens is 2. The number of imidazole rings is 1. The summed E-state index contributed by atoms with van der Waals surface area (Å²) in [5, 5.41) is 43.8. The van der Waals surface area contributed by atoms with E-state index in [9.17, 15) is 58.2 Å². The molecule has 34 heteroatoms. The highest BCUT2D eigenvalue weighted by atomic mass is 16.3. The van der Waals surface area contributed by atoms with Gasteiger partial charge in [0.1, 0.15) is 48.0 Å². The molecule has 1 saturated heterocycles. The summed E-state index contributed by atoms with van der Waals surface area (Å²) < 4.78 is 0. The van der Waals surface area contributed by atoms with Crippen molar-refractivity contribution in [1.82, 2.24) is 62.7 Å². The van der Waals surface area contributed by atoms with Crippen molar-refractivity contribution >= 4 is 65.0 Å². The number of hydrogen-bond donors (Lipinski definition) is 21. The monoisotopic (exact) mass is 1210 g/mol. The van der Waals surface area contributed by atoms with Crippen LogP contribution in [-0.2, 0) is 54.4 Å². The van der Waals surface area contributed by atoms with Crippen LogP contribution in [0.15, 0.2) is 29.3 Å². The third kappa shape index (κ3) is 27.0. The molecule has 0 radical (unpaired) electrons. The van der Waals surface area contributed by atoms with Crippen LogP contribution in [0.4, 0.5) is 0 Å². The lowest BCUT2D eigenvalue weighted by Gasteiger charge is -2.30. The molecule has 0 aromatic carbocycles. The van der Waals surface area contributed by atoms with Crippen molar-refractivity contribution in [2.24, 2.45) is 56.6 Å². The number of likely N-dealkylation sites (tertiary alicyclic amines) is 1. The molecule has 10 atom stereocenters. The minimum Gasteiger partial charge on any atom is -0.389 e. The highest BCUT2D eigenvalue weighted by Gasteiger charge is 2.40. The number of nitrogens with zero attached hydrogens (tertiary/aromatic N) is 3. The Morgan fingerprint density at radius 1 is 0.682 bits per heavy atom. The van der Waals surface area contributed by atoms with Gasteiger partial charge in [-0.05, 0) is 117 Å². The number of hydrogen-bond acceptors (Lipinski definition) is 21. The summed E-state index contributed by atoms with van der Waals surface area (Å²) in [6, 6.07) is -10.9. The van der Waals surface area contributed by atoms with Crippen molar-refractivity contribution in [2.75, 3.05) is 65.4 Å². The Morgan fingerprint density at radius 2 is 1.27 bits per heavy atom. The molecule has 1 aliphatic rings. The Balaban J connectivity index is 2.40. The second kappa shape index (κ2) is 40.8. The molecule has 85 heavy (non-hydrogen) atoms. The molecule has 2 heterocycles. The van der Waals surface area contributed by atoms with Gasteiger partial charge in [0.15, 0.2) is 5.96 Å². The summed E-state index contributed by atoms with van der Waals surface area (Å²) in [5.74, 6) is -8.64. The van der Waals surface area contributed by atoms with Gasteiger partial charge in [-0.15, -0.1) is 0 Å². The number of guanidine groups is 1. The zero-order valence-corrected chi connectivity index (χ0v) is 48.5. The normalized spacial score (nSPS) is 16.3. The fraction of sp³-hybridized carbons (Fsp3) is 0.686. The third-order valence-corrected chi connectivity index (χ3v) is 13.4. The summed E-state index contributed by atoms with van der Waals surface area (Å²) in [6.45, 7) is 0.944. The molecule has 2 rings (SSSR count). The van der Waals surface area contributed by atoms with E-state index in [1.807, 2.05) is 0 Å². The fourth-order valence-electron chi connectivity index (χ4n) is 8.63. The number of rotatable bonds is 42. The van der Waals surface area contributed by atoms with Crippen LogP contribution >= 0.6 is 0 Å². The lowest BCUT2D eigenvalue weighted by Crippen LogP contribution is -2.63. The predicted molar refractivity (Wildman–Crippen MR) is 312 cm³/mol. The van der Waals surface area contributed by atoms with Gasteiger partial charge in [-0.2, -0.15) is 0 Å². The van der Waals surface area contributed by atoms with Gasteiger partial charge in [0.2, 0.25) is 53.2 Å². The third-order valence-electron chi connectivity index (χ3n) is 13.4. The average molecular weight is 1210 g/mol. The van der Waals surface area contributed by atoms with Gasteiger partial charge in [0, 0.05) is 51.0 Å². The number of aliphatic hydroxyl groups is 2. The molecule has 1 fully saturated rings. The Kier molecular flexibility index (Phi) is 35.3. The fourth-order valence-corrected chi connectivity index (χ4v) is 8.63. The quantitative estimate of drug-likeness (QED) is 0.0125. The first-order chi connectivity index (χ1) is 40.6. The molecule has 34 nitrogen and oxygen atoms in total. The van der Waals surface area contributed by atoms with Gasteiger partial charge >= 0.3 is 0 Å². The number of aliphatic hydroxyl groups excluding tert-OH is 2. The number of nitrogens with one attached hydrogen (secondary N) is 10. The Morgan fingerprint density at radius 3 is 1.85 bits per heavy atom. The van der Waals surface area contributed by atoms with Crippen LogP contribution in [0.1, 0.15) is 96.1 Å². The predicted octanol–water partition coefficient (Wildman–Crippen LogP) is -9.53. The van der Waals surface area contributed by atoms with Crippen LogP contribution in [0.5, 0.6) is 0 Å². The van der Waals surface area contributed by atoms with Gasteiger partial charge in [-0.3, -0.25) is 52.9 Å². The number of H-pyrrole nitrogens is 1. The molecule has 480 valence electrons. The Labute approximate surface area is 494 Å². The highest BCUT2D eigenvalue weighted by molar-refractivity contribution is 6.02. The SMILES string of the molecule is CC(N)C(=O)N[C@H](C(=O)NC(C(=O)NCC(=O)N[C@H](CCCN)C(=O)N1CCCC1C(=O)NC(Cc1cnc[nH]1)C(=O)N[C@@H](CCCCN)C(=O)N/C(=C\CCN=C(N)N)C(=O)N[C@@H](CCCCN)C(=O)NCCCCN)[C@@H](O)CN)[C@@H](O)CN. The average Bonchev–Trinajstić information content (AvgIpc) is 4.04. The van der Waals surface area contributed by atoms with Crippen LogP contribution in [0.2, 0.25) is 0 Å². The van der Waals surface area contributed by atoms with Crippen LogP contribution in [-0.4, -0.2) is 216 Å². The van der Waals surface area contributed by atoms with Crippen molar-refractivity contribution in [1.29, 1.82) is 0 Å². The number of amides is 10. The largest absolute Gasteiger partial charge is 0.389 e. The second-order valence-corrected chi connectivity index (χ2v) is 20.3.